The summed E-state index contributed by atoms with van der Waals surface area (Å²) in [7, 11) is 0. The SMILES string of the molecule is CCCCc1ccc(C(=O)Oc2ccccc2OC(=O)COC(C)=O)cc1. The summed E-state index contributed by atoms with van der Waals surface area (Å²) in [5, 5.41) is 0. The molecule has 0 N–H and O–H groups in total. The Morgan fingerprint density at radius 1 is 0.889 bits per heavy atom. The smallest absolute Gasteiger partial charge is 0.349 e. The van der Waals surface area contributed by atoms with Crippen LogP contribution in [-0.4, -0.2) is 24.5 Å². The number of hydrogen-bond acceptors (Lipinski definition) is 6. The van der Waals surface area contributed by atoms with Crippen molar-refractivity contribution in [1.29, 1.82) is 0 Å². The first-order chi connectivity index (χ1) is 13.0. The summed E-state index contributed by atoms with van der Waals surface area (Å²) >= 11 is 0. The summed E-state index contributed by atoms with van der Waals surface area (Å²) in [6.45, 7) is 2.80. The molecule has 0 aromatic heterocycles. The number of carbonyl (C=O) groups excluding carboxylic acids is 3. The Kier molecular flexibility index (Phi) is 7.55. The molecule has 2 aromatic rings. The molecule has 0 saturated carbocycles. The van der Waals surface area contributed by atoms with Crippen molar-refractivity contribution in [2.24, 2.45) is 0 Å². The van der Waals surface area contributed by atoms with Crippen LogP contribution in [-0.2, 0) is 20.7 Å². The molecule has 6 heteroatoms. The number of benzene rings is 2. The van der Waals surface area contributed by atoms with Crippen LogP contribution in [0.4, 0.5) is 0 Å². The molecule has 0 bridgehead atoms. The van der Waals surface area contributed by atoms with E-state index < -0.39 is 24.5 Å². The minimum absolute atomic E-state index is 0.0718. The van der Waals surface area contributed by atoms with Gasteiger partial charge in [-0.3, -0.25) is 4.79 Å². The highest BCUT2D eigenvalue weighted by Gasteiger charge is 2.15. The number of aryl methyl sites for hydroxylation is 1. The van der Waals surface area contributed by atoms with Crippen molar-refractivity contribution in [3.8, 4) is 11.5 Å². The lowest BCUT2D eigenvalue weighted by atomic mass is 10.1. The van der Waals surface area contributed by atoms with Crippen LogP contribution in [0.3, 0.4) is 0 Å². The van der Waals surface area contributed by atoms with Gasteiger partial charge in [-0.25, -0.2) is 9.59 Å². The summed E-state index contributed by atoms with van der Waals surface area (Å²) in [6, 6.07) is 13.5. The van der Waals surface area contributed by atoms with Gasteiger partial charge in [0.15, 0.2) is 18.1 Å². The van der Waals surface area contributed by atoms with Crippen molar-refractivity contribution in [3.63, 3.8) is 0 Å². The third-order valence-electron chi connectivity index (χ3n) is 3.68. The fraction of sp³-hybridized carbons (Fsp3) is 0.286. The number of hydrogen-bond donors (Lipinski definition) is 0. The van der Waals surface area contributed by atoms with Gasteiger partial charge in [0.1, 0.15) is 0 Å². The summed E-state index contributed by atoms with van der Waals surface area (Å²) < 4.78 is 15.0. The molecule has 2 rings (SSSR count). The van der Waals surface area contributed by atoms with E-state index in [1.807, 2.05) is 12.1 Å². The van der Waals surface area contributed by atoms with E-state index in [2.05, 4.69) is 11.7 Å². The second-order valence-electron chi connectivity index (χ2n) is 5.89. The summed E-state index contributed by atoms with van der Waals surface area (Å²) in [5.74, 6) is -1.74. The topological polar surface area (TPSA) is 78.9 Å². The zero-order valence-electron chi connectivity index (χ0n) is 15.4. The average molecular weight is 370 g/mol. The number of carbonyl (C=O) groups is 3. The Bertz CT molecular complexity index is 795. The monoisotopic (exact) mass is 370 g/mol. The van der Waals surface area contributed by atoms with Gasteiger partial charge in [-0.05, 0) is 42.7 Å². The molecule has 0 aliphatic rings. The normalized spacial score (nSPS) is 10.1. The van der Waals surface area contributed by atoms with Crippen LogP contribution in [0.2, 0.25) is 0 Å². The van der Waals surface area contributed by atoms with Gasteiger partial charge >= 0.3 is 17.9 Å². The molecular weight excluding hydrogens is 348 g/mol. The molecular formula is C21H22O6. The molecule has 2 aromatic carbocycles. The maximum Gasteiger partial charge on any atom is 0.349 e. The second-order valence-corrected chi connectivity index (χ2v) is 5.89. The van der Waals surface area contributed by atoms with Crippen molar-refractivity contribution in [2.75, 3.05) is 6.61 Å². The van der Waals surface area contributed by atoms with Gasteiger partial charge in [-0.15, -0.1) is 0 Å². The van der Waals surface area contributed by atoms with Gasteiger partial charge in [0, 0.05) is 6.92 Å². The first-order valence-corrected chi connectivity index (χ1v) is 8.73. The van der Waals surface area contributed by atoms with Crippen LogP contribution in [0.1, 0.15) is 42.6 Å². The molecule has 0 heterocycles. The zero-order valence-corrected chi connectivity index (χ0v) is 15.4. The fourth-order valence-corrected chi connectivity index (χ4v) is 2.28. The molecule has 0 amide bonds. The average Bonchev–Trinajstić information content (AvgIpc) is 2.66. The highest BCUT2D eigenvalue weighted by atomic mass is 16.6. The Morgan fingerprint density at radius 2 is 1.52 bits per heavy atom. The van der Waals surface area contributed by atoms with E-state index in [0.717, 1.165) is 24.8 Å². The van der Waals surface area contributed by atoms with Crippen LogP contribution < -0.4 is 9.47 Å². The molecule has 27 heavy (non-hydrogen) atoms. The van der Waals surface area contributed by atoms with E-state index >= 15 is 0 Å². The fourth-order valence-electron chi connectivity index (χ4n) is 2.28. The standard InChI is InChI=1S/C21H22O6/c1-3-4-7-16-10-12-17(13-11-16)21(24)27-19-9-6-5-8-18(19)26-20(23)14-25-15(2)22/h5-6,8-13H,3-4,7,14H2,1-2H3. The van der Waals surface area contributed by atoms with E-state index in [9.17, 15) is 14.4 Å². The zero-order chi connectivity index (χ0) is 19.6. The first kappa shape index (κ1) is 20.2. The van der Waals surface area contributed by atoms with Crippen LogP contribution in [0.25, 0.3) is 0 Å². The number of ether oxygens (including phenoxy) is 3. The third kappa shape index (κ3) is 6.58. The number of rotatable bonds is 8. The van der Waals surface area contributed by atoms with Crippen molar-refractivity contribution < 1.29 is 28.6 Å². The summed E-state index contributed by atoms with van der Waals surface area (Å²) in [5.41, 5.74) is 1.56. The Morgan fingerprint density at radius 3 is 2.11 bits per heavy atom. The molecule has 0 spiro atoms. The predicted molar refractivity (Wildman–Crippen MR) is 98.7 cm³/mol. The summed E-state index contributed by atoms with van der Waals surface area (Å²) in [6.07, 6.45) is 3.17. The molecule has 0 atom stereocenters. The summed E-state index contributed by atoms with van der Waals surface area (Å²) in [4.78, 5) is 34.8. The van der Waals surface area contributed by atoms with Crippen LogP contribution in [0, 0.1) is 0 Å². The molecule has 0 radical (unpaired) electrons. The number of esters is 3. The molecule has 0 aliphatic heterocycles. The molecule has 142 valence electrons. The highest BCUT2D eigenvalue weighted by Crippen LogP contribution is 2.27. The van der Waals surface area contributed by atoms with Gasteiger partial charge < -0.3 is 14.2 Å². The quantitative estimate of drug-likeness (QED) is 0.521. The Balaban J connectivity index is 2.03. The van der Waals surface area contributed by atoms with Crippen molar-refractivity contribution in [2.45, 2.75) is 33.1 Å². The van der Waals surface area contributed by atoms with Gasteiger partial charge in [0.25, 0.3) is 0 Å². The Labute approximate surface area is 158 Å². The first-order valence-electron chi connectivity index (χ1n) is 8.73. The minimum atomic E-state index is -0.769. The third-order valence-corrected chi connectivity index (χ3v) is 3.68. The van der Waals surface area contributed by atoms with E-state index in [0.29, 0.717) is 5.56 Å². The maximum atomic E-state index is 12.4. The molecule has 0 unspecified atom stereocenters. The van der Waals surface area contributed by atoms with Crippen LogP contribution >= 0.6 is 0 Å². The molecule has 0 fully saturated rings. The van der Waals surface area contributed by atoms with Crippen LogP contribution in [0.15, 0.2) is 48.5 Å². The predicted octanol–water partition coefficient (Wildman–Crippen LogP) is 3.72. The Hall–Kier alpha value is -3.15. The highest BCUT2D eigenvalue weighted by molar-refractivity contribution is 5.91. The second kappa shape index (κ2) is 10.1. The van der Waals surface area contributed by atoms with Gasteiger partial charge in [0.2, 0.25) is 0 Å². The molecule has 0 aliphatic carbocycles. The van der Waals surface area contributed by atoms with Gasteiger partial charge in [0.05, 0.1) is 5.56 Å². The lowest BCUT2D eigenvalue weighted by Gasteiger charge is -2.10. The lowest BCUT2D eigenvalue weighted by Crippen LogP contribution is -2.18. The lowest BCUT2D eigenvalue weighted by molar-refractivity contribution is -0.152. The van der Waals surface area contributed by atoms with E-state index in [1.54, 1.807) is 24.3 Å². The number of para-hydroxylation sites is 2. The van der Waals surface area contributed by atoms with E-state index in [4.69, 9.17) is 9.47 Å². The maximum absolute atomic E-state index is 12.4. The van der Waals surface area contributed by atoms with Gasteiger partial charge in [-0.1, -0.05) is 37.6 Å². The van der Waals surface area contributed by atoms with E-state index in [-0.39, 0.29) is 11.5 Å². The molecule has 6 nitrogen and oxygen atoms in total. The minimum Gasteiger partial charge on any atom is -0.454 e. The largest absolute Gasteiger partial charge is 0.454 e. The van der Waals surface area contributed by atoms with Gasteiger partial charge in [-0.2, -0.15) is 0 Å². The van der Waals surface area contributed by atoms with Crippen molar-refractivity contribution in [3.05, 3.63) is 59.7 Å². The van der Waals surface area contributed by atoms with Crippen molar-refractivity contribution >= 4 is 17.9 Å². The van der Waals surface area contributed by atoms with Crippen LogP contribution in [0.5, 0.6) is 11.5 Å². The van der Waals surface area contributed by atoms with Crippen molar-refractivity contribution in [1.82, 2.24) is 0 Å². The number of unbranched alkanes of at least 4 members (excludes halogenated alkanes) is 1. The molecule has 0 saturated heterocycles. The van der Waals surface area contributed by atoms with E-state index in [1.165, 1.54) is 19.1 Å².